The third-order valence-corrected chi connectivity index (χ3v) is 3.82. The van der Waals surface area contributed by atoms with Crippen molar-refractivity contribution < 1.29 is 9.13 Å². The van der Waals surface area contributed by atoms with Crippen LogP contribution in [0, 0.1) is 5.82 Å². The van der Waals surface area contributed by atoms with Crippen molar-refractivity contribution in [2.75, 3.05) is 18.5 Å². The van der Waals surface area contributed by atoms with Crippen LogP contribution in [0.15, 0.2) is 36.7 Å². The fourth-order valence-electron chi connectivity index (χ4n) is 2.03. The Labute approximate surface area is 147 Å². The molecule has 0 amide bonds. The van der Waals surface area contributed by atoms with Crippen molar-refractivity contribution in [3.8, 4) is 5.75 Å². The van der Waals surface area contributed by atoms with Gasteiger partial charge in [0.05, 0.1) is 17.3 Å². The standard InChI is InChI=1S/C18H23ClFN3O/c1-18(2,3)12-6-15(10-22-8-12)24-11-13(21)9-23-14-4-5-17(20)16(19)7-14/h4-8,10,13,23H,9,11,21H2,1-3H3/t13-/m0/s1. The lowest BCUT2D eigenvalue weighted by molar-refractivity contribution is 0.291. The summed E-state index contributed by atoms with van der Waals surface area (Å²) in [7, 11) is 0. The monoisotopic (exact) mass is 351 g/mol. The predicted molar refractivity (Wildman–Crippen MR) is 96.3 cm³/mol. The van der Waals surface area contributed by atoms with Crippen LogP contribution in [0.2, 0.25) is 5.02 Å². The predicted octanol–water partition coefficient (Wildman–Crippen LogP) is 3.99. The second-order valence-electron chi connectivity index (χ2n) is 6.74. The molecular formula is C18H23ClFN3O. The average Bonchev–Trinajstić information content (AvgIpc) is 2.53. The SMILES string of the molecule is CC(C)(C)c1cncc(OC[C@@H](N)CNc2ccc(F)c(Cl)c2)c1. The highest BCUT2D eigenvalue weighted by Crippen LogP contribution is 2.24. The zero-order valence-corrected chi connectivity index (χ0v) is 14.9. The summed E-state index contributed by atoms with van der Waals surface area (Å²) >= 11 is 5.74. The van der Waals surface area contributed by atoms with E-state index in [1.54, 1.807) is 12.3 Å². The Kier molecular flexibility index (Phi) is 6.02. The first-order chi connectivity index (χ1) is 11.3. The van der Waals surface area contributed by atoms with E-state index in [0.717, 1.165) is 5.56 Å². The van der Waals surface area contributed by atoms with Crippen LogP contribution >= 0.6 is 11.6 Å². The minimum absolute atomic E-state index is 0.0118. The molecule has 2 rings (SSSR count). The highest BCUT2D eigenvalue weighted by molar-refractivity contribution is 6.31. The summed E-state index contributed by atoms with van der Waals surface area (Å²) in [4.78, 5) is 4.21. The lowest BCUT2D eigenvalue weighted by Crippen LogP contribution is -2.35. The molecule has 0 radical (unpaired) electrons. The van der Waals surface area contributed by atoms with Gasteiger partial charge in [-0.2, -0.15) is 0 Å². The molecule has 6 heteroatoms. The molecule has 0 aliphatic carbocycles. The number of anilines is 1. The van der Waals surface area contributed by atoms with Gasteiger partial charge in [0.25, 0.3) is 0 Å². The van der Waals surface area contributed by atoms with Gasteiger partial charge in [-0.15, -0.1) is 0 Å². The number of benzene rings is 1. The highest BCUT2D eigenvalue weighted by Gasteiger charge is 2.15. The zero-order valence-electron chi connectivity index (χ0n) is 14.1. The molecule has 0 aliphatic rings. The molecule has 2 aromatic rings. The van der Waals surface area contributed by atoms with Gasteiger partial charge >= 0.3 is 0 Å². The topological polar surface area (TPSA) is 60.2 Å². The van der Waals surface area contributed by atoms with E-state index in [4.69, 9.17) is 22.1 Å². The lowest BCUT2D eigenvalue weighted by Gasteiger charge is -2.20. The molecule has 0 fully saturated rings. The second kappa shape index (κ2) is 7.81. The van der Waals surface area contributed by atoms with Crippen molar-refractivity contribution >= 4 is 17.3 Å². The normalized spacial score (nSPS) is 12.8. The number of hydrogen-bond donors (Lipinski definition) is 2. The molecule has 24 heavy (non-hydrogen) atoms. The summed E-state index contributed by atoms with van der Waals surface area (Å²) in [6, 6.07) is 6.21. The molecule has 1 heterocycles. The van der Waals surface area contributed by atoms with E-state index in [2.05, 4.69) is 31.1 Å². The van der Waals surface area contributed by atoms with Gasteiger partial charge in [-0.25, -0.2) is 4.39 Å². The zero-order chi connectivity index (χ0) is 17.7. The molecular weight excluding hydrogens is 329 g/mol. The van der Waals surface area contributed by atoms with Crippen LogP contribution in [0.4, 0.5) is 10.1 Å². The third kappa shape index (κ3) is 5.35. The van der Waals surface area contributed by atoms with Crippen LogP contribution in [0.3, 0.4) is 0 Å². The summed E-state index contributed by atoms with van der Waals surface area (Å²) in [6.45, 7) is 7.19. The summed E-state index contributed by atoms with van der Waals surface area (Å²) in [5, 5.41) is 3.19. The van der Waals surface area contributed by atoms with Crippen molar-refractivity contribution in [1.82, 2.24) is 4.98 Å². The Morgan fingerprint density at radius 1 is 1.29 bits per heavy atom. The molecule has 130 valence electrons. The number of ether oxygens (including phenoxy) is 1. The minimum Gasteiger partial charge on any atom is -0.490 e. The molecule has 0 aliphatic heterocycles. The summed E-state index contributed by atoms with van der Waals surface area (Å²) in [5.74, 6) is 0.254. The van der Waals surface area contributed by atoms with Crippen LogP contribution in [0.25, 0.3) is 0 Å². The van der Waals surface area contributed by atoms with E-state index < -0.39 is 5.82 Å². The molecule has 1 aromatic heterocycles. The summed E-state index contributed by atoms with van der Waals surface area (Å²) in [5.41, 5.74) is 7.88. The Hall–Kier alpha value is -1.85. The number of hydrogen-bond acceptors (Lipinski definition) is 4. The molecule has 0 saturated carbocycles. The van der Waals surface area contributed by atoms with Crippen LogP contribution in [-0.2, 0) is 5.41 Å². The van der Waals surface area contributed by atoms with Crippen molar-refractivity contribution in [3.63, 3.8) is 0 Å². The van der Waals surface area contributed by atoms with Crippen molar-refractivity contribution in [3.05, 3.63) is 53.1 Å². The van der Waals surface area contributed by atoms with Gasteiger partial charge in [-0.05, 0) is 35.2 Å². The molecule has 0 bridgehead atoms. The third-order valence-electron chi connectivity index (χ3n) is 3.53. The number of pyridine rings is 1. The Bertz CT molecular complexity index is 688. The molecule has 0 saturated heterocycles. The Morgan fingerprint density at radius 2 is 2.04 bits per heavy atom. The van der Waals surface area contributed by atoms with E-state index in [1.807, 2.05) is 12.3 Å². The van der Waals surface area contributed by atoms with Crippen molar-refractivity contribution in [2.24, 2.45) is 5.73 Å². The number of rotatable bonds is 6. The fourth-order valence-corrected chi connectivity index (χ4v) is 2.21. The number of nitrogens with one attached hydrogen (secondary N) is 1. The van der Waals surface area contributed by atoms with E-state index in [0.29, 0.717) is 24.6 Å². The van der Waals surface area contributed by atoms with Crippen LogP contribution < -0.4 is 15.8 Å². The van der Waals surface area contributed by atoms with Crippen LogP contribution in [0.5, 0.6) is 5.75 Å². The number of nitrogens with two attached hydrogens (primary N) is 1. The number of aromatic nitrogens is 1. The minimum atomic E-state index is -0.443. The molecule has 4 nitrogen and oxygen atoms in total. The quantitative estimate of drug-likeness (QED) is 0.826. The van der Waals surface area contributed by atoms with E-state index in [1.165, 1.54) is 12.1 Å². The van der Waals surface area contributed by atoms with Gasteiger partial charge in [0, 0.05) is 18.4 Å². The first-order valence-corrected chi connectivity index (χ1v) is 8.16. The van der Waals surface area contributed by atoms with E-state index >= 15 is 0 Å². The van der Waals surface area contributed by atoms with Gasteiger partial charge in [-0.1, -0.05) is 32.4 Å². The van der Waals surface area contributed by atoms with Crippen LogP contribution in [0.1, 0.15) is 26.3 Å². The molecule has 0 unspecified atom stereocenters. The Morgan fingerprint density at radius 3 is 2.71 bits per heavy atom. The first kappa shape index (κ1) is 18.5. The van der Waals surface area contributed by atoms with Crippen molar-refractivity contribution in [1.29, 1.82) is 0 Å². The maximum atomic E-state index is 13.1. The van der Waals surface area contributed by atoms with Crippen molar-refractivity contribution in [2.45, 2.75) is 32.2 Å². The first-order valence-electron chi connectivity index (χ1n) is 7.78. The van der Waals surface area contributed by atoms with E-state index in [9.17, 15) is 4.39 Å². The lowest BCUT2D eigenvalue weighted by atomic mass is 9.88. The molecule has 3 N–H and O–H groups in total. The molecule has 1 aromatic carbocycles. The Balaban J connectivity index is 1.85. The summed E-state index contributed by atoms with van der Waals surface area (Å²) in [6.07, 6.45) is 3.52. The highest BCUT2D eigenvalue weighted by atomic mass is 35.5. The van der Waals surface area contributed by atoms with Gasteiger partial charge < -0.3 is 15.8 Å². The smallest absolute Gasteiger partial charge is 0.141 e. The van der Waals surface area contributed by atoms with Crippen LogP contribution in [-0.4, -0.2) is 24.2 Å². The fraction of sp³-hybridized carbons (Fsp3) is 0.389. The van der Waals surface area contributed by atoms with Gasteiger partial charge in [-0.3, -0.25) is 4.98 Å². The largest absolute Gasteiger partial charge is 0.490 e. The van der Waals surface area contributed by atoms with E-state index in [-0.39, 0.29) is 16.5 Å². The molecule has 1 atom stereocenters. The second-order valence-corrected chi connectivity index (χ2v) is 7.15. The number of nitrogens with zero attached hydrogens (tertiary/aromatic N) is 1. The maximum Gasteiger partial charge on any atom is 0.141 e. The van der Waals surface area contributed by atoms with Gasteiger partial charge in [0.2, 0.25) is 0 Å². The average molecular weight is 352 g/mol. The summed E-state index contributed by atoms with van der Waals surface area (Å²) < 4.78 is 18.8. The number of halogens is 2. The van der Waals surface area contributed by atoms with Gasteiger partial charge in [0.1, 0.15) is 18.2 Å². The molecule has 0 spiro atoms. The maximum absolute atomic E-state index is 13.1. The van der Waals surface area contributed by atoms with Gasteiger partial charge in [0.15, 0.2) is 0 Å².